The zero-order valence-electron chi connectivity index (χ0n) is 20.1. The van der Waals surface area contributed by atoms with Crippen molar-refractivity contribution in [2.45, 2.75) is 31.1 Å². The molecule has 3 N–H and O–H groups in total. The molecule has 0 unspecified atom stereocenters. The van der Waals surface area contributed by atoms with Gasteiger partial charge in [0.05, 0.1) is 19.8 Å². The predicted molar refractivity (Wildman–Crippen MR) is 132 cm³/mol. The van der Waals surface area contributed by atoms with Crippen molar-refractivity contribution in [2.24, 2.45) is 5.73 Å². The molecule has 36 heavy (non-hydrogen) atoms. The van der Waals surface area contributed by atoms with Gasteiger partial charge >= 0.3 is 0 Å². The third kappa shape index (κ3) is 6.20. The smallest absolute Gasteiger partial charge is 0.243 e. The van der Waals surface area contributed by atoms with Crippen molar-refractivity contribution < 1.29 is 28.6 Å². The minimum Gasteiger partial charge on any atom is -0.457 e. The molecular formula is C26H32N4O6. The first-order valence-electron chi connectivity index (χ1n) is 12.1. The minimum atomic E-state index is -0.989. The first kappa shape index (κ1) is 25.6. The molecule has 1 atom stereocenters. The monoisotopic (exact) mass is 496 g/mol. The highest BCUT2D eigenvalue weighted by atomic mass is 16.7. The van der Waals surface area contributed by atoms with Crippen LogP contribution in [-0.4, -0.2) is 74.3 Å². The Kier molecular flexibility index (Phi) is 8.52. The van der Waals surface area contributed by atoms with Crippen LogP contribution in [0.2, 0.25) is 0 Å². The van der Waals surface area contributed by atoms with Gasteiger partial charge in [-0.1, -0.05) is 18.2 Å². The Labute approximate surface area is 210 Å². The van der Waals surface area contributed by atoms with E-state index in [1.54, 1.807) is 24.3 Å². The van der Waals surface area contributed by atoms with Crippen LogP contribution in [-0.2, 0) is 23.9 Å². The second-order valence-corrected chi connectivity index (χ2v) is 8.78. The van der Waals surface area contributed by atoms with Crippen LogP contribution in [0.5, 0.6) is 11.5 Å². The number of hydrogen-bond acceptors (Lipinski definition) is 7. The average molecular weight is 497 g/mol. The maximum atomic E-state index is 13.3. The van der Waals surface area contributed by atoms with Gasteiger partial charge in [0.2, 0.25) is 18.2 Å². The Hall–Kier alpha value is -3.47. The van der Waals surface area contributed by atoms with E-state index >= 15 is 0 Å². The second-order valence-electron chi connectivity index (χ2n) is 8.78. The molecule has 1 spiro atoms. The Morgan fingerprint density at radius 2 is 1.78 bits per heavy atom. The molecule has 4 rings (SSSR count). The van der Waals surface area contributed by atoms with E-state index in [0.717, 1.165) is 12.8 Å². The molecule has 2 aromatic rings. The number of benzene rings is 2. The van der Waals surface area contributed by atoms with Crippen LogP contribution in [0.4, 0.5) is 5.69 Å². The highest BCUT2D eigenvalue weighted by Crippen LogP contribution is 2.35. The summed E-state index contributed by atoms with van der Waals surface area (Å²) < 4.78 is 17.3. The van der Waals surface area contributed by atoms with Gasteiger partial charge in [0.25, 0.3) is 0 Å². The number of rotatable bonds is 11. The van der Waals surface area contributed by atoms with Gasteiger partial charge in [-0.15, -0.1) is 0 Å². The maximum absolute atomic E-state index is 13.3. The number of ether oxygens (including phenoxy) is 3. The average Bonchev–Trinajstić information content (AvgIpc) is 3.53. The molecule has 2 aliphatic rings. The molecule has 0 bridgehead atoms. The third-order valence-corrected chi connectivity index (χ3v) is 6.24. The number of unbranched alkanes of at least 4 members (excludes halogenated alkanes) is 1. The fourth-order valence-corrected chi connectivity index (χ4v) is 4.40. The number of hydrogen-bond donors (Lipinski definition) is 2. The summed E-state index contributed by atoms with van der Waals surface area (Å²) >= 11 is 0. The number of nitrogens with one attached hydrogen (secondary N) is 1. The molecule has 0 aromatic heterocycles. The lowest BCUT2D eigenvalue weighted by atomic mass is 10.1. The van der Waals surface area contributed by atoms with Crippen molar-refractivity contribution in [1.82, 2.24) is 10.2 Å². The first-order valence-corrected chi connectivity index (χ1v) is 12.1. The number of carbonyl (C=O) groups excluding carboxylic acids is 3. The van der Waals surface area contributed by atoms with Gasteiger partial charge in [-0.05, 0) is 55.8 Å². The predicted octanol–water partition coefficient (Wildman–Crippen LogP) is 1.64. The SMILES string of the molecule is NCCCCNC(=O)[C@@H]1CC2(CN1C(=O)CN(C=O)c1ccc(Oc3ccccc3)cc1)OCCO2. The number of carbonyl (C=O) groups is 3. The summed E-state index contributed by atoms with van der Waals surface area (Å²) in [5.74, 6) is -0.330. The van der Waals surface area contributed by atoms with Crippen LogP contribution < -0.4 is 20.7 Å². The number of nitrogens with zero attached hydrogens (tertiary/aromatic N) is 2. The lowest BCUT2D eigenvalue weighted by Crippen LogP contribution is -2.49. The Balaban J connectivity index is 1.42. The van der Waals surface area contributed by atoms with Gasteiger partial charge in [-0.2, -0.15) is 0 Å². The van der Waals surface area contributed by atoms with Crippen LogP contribution in [0.15, 0.2) is 54.6 Å². The molecule has 2 aliphatic heterocycles. The summed E-state index contributed by atoms with van der Waals surface area (Å²) in [5.41, 5.74) is 6.05. The molecule has 192 valence electrons. The summed E-state index contributed by atoms with van der Waals surface area (Å²) in [5, 5.41) is 2.88. The van der Waals surface area contributed by atoms with Crippen molar-refractivity contribution >= 4 is 23.9 Å². The van der Waals surface area contributed by atoms with Gasteiger partial charge in [0, 0.05) is 18.7 Å². The Morgan fingerprint density at radius 3 is 2.44 bits per heavy atom. The summed E-state index contributed by atoms with van der Waals surface area (Å²) in [6.45, 7) is 1.74. The van der Waals surface area contributed by atoms with Crippen LogP contribution in [0, 0.1) is 0 Å². The molecule has 2 aromatic carbocycles. The maximum Gasteiger partial charge on any atom is 0.243 e. The first-order chi connectivity index (χ1) is 17.5. The molecule has 10 heteroatoms. The summed E-state index contributed by atoms with van der Waals surface area (Å²) in [7, 11) is 0. The lowest BCUT2D eigenvalue weighted by molar-refractivity contribution is -0.152. The van der Waals surface area contributed by atoms with Gasteiger partial charge in [0.1, 0.15) is 24.1 Å². The van der Waals surface area contributed by atoms with Gasteiger partial charge < -0.3 is 35.1 Å². The third-order valence-electron chi connectivity index (χ3n) is 6.24. The van der Waals surface area contributed by atoms with Gasteiger partial charge in [0.15, 0.2) is 5.79 Å². The fourth-order valence-electron chi connectivity index (χ4n) is 4.40. The zero-order valence-corrected chi connectivity index (χ0v) is 20.1. The Morgan fingerprint density at radius 1 is 1.08 bits per heavy atom. The minimum absolute atomic E-state index is 0.128. The molecule has 2 fully saturated rings. The van der Waals surface area contributed by atoms with Gasteiger partial charge in [-0.25, -0.2) is 0 Å². The molecule has 2 saturated heterocycles. The van der Waals surface area contributed by atoms with E-state index in [-0.39, 0.29) is 31.3 Å². The van der Waals surface area contributed by atoms with Crippen molar-refractivity contribution in [3.63, 3.8) is 0 Å². The highest BCUT2D eigenvalue weighted by molar-refractivity contribution is 5.93. The number of para-hydroxylation sites is 1. The quantitative estimate of drug-likeness (QED) is 0.358. The number of likely N-dealkylation sites (tertiary alicyclic amines) is 1. The van der Waals surface area contributed by atoms with E-state index in [2.05, 4.69) is 5.32 Å². The topological polar surface area (TPSA) is 123 Å². The number of anilines is 1. The zero-order chi connectivity index (χ0) is 25.4. The molecule has 2 heterocycles. The summed E-state index contributed by atoms with van der Waals surface area (Å²) in [6.07, 6.45) is 2.40. The van der Waals surface area contributed by atoms with Crippen LogP contribution in [0.3, 0.4) is 0 Å². The van der Waals surface area contributed by atoms with Crippen LogP contribution in [0.25, 0.3) is 0 Å². The molecule has 0 aliphatic carbocycles. The molecule has 3 amide bonds. The summed E-state index contributed by atoms with van der Waals surface area (Å²) in [4.78, 5) is 40.9. The van der Waals surface area contributed by atoms with E-state index in [4.69, 9.17) is 19.9 Å². The van der Waals surface area contributed by atoms with E-state index in [1.165, 1.54) is 9.80 Å². The van der Waals surface area contributed by atoms with Crippen LogP contribution in [0.1, 0.15) is 19.3 Å². The van der Waals surface area contributed by atoms with Crippen molar-refractivity contribution in [3.8, 4) is 11.5 Å². The van der Waals surface area contributed by atoms with Gasteiger partial charge in [-0.3, -0.25) is 14.4 Å². The largest absolute Gasteiger partial charge is 0.457 e. The van der Waals surface area contributed by atoms with E-state index in [1.807, 2.05) is 30.3 Å². The molecular weight excluding hydrogens is 464 g/mol. The molecule has 0 radical (unpaired) electrons. The van der Waals surface area contributed by atoms with E-state index < -0.39 is 11.8 Å². The van der Waals surface area contributed by atoms with Crippen molar-refractivity contribution in [2.75, 3.05) is 44.3 Å². The molecule has 0 saturated carbocycles. The van der Waals surface area contributed by atoms with Crippen LogP contribution >= 0.6 is 0 Å². The normalized spacial score (nSPS) is 18.2. The van der Waals surface area contributed by atoms with Crippen molar-refractivity contribution in [3.05, 3.63) is 54.6 Å². The van der Waals surface area contributed by atoms with Crippen molar-refractivity contribution in [1.29, 1.82) is 0 Å². The highest BCUT2D eigenvalue weighted by Gasteiger charge is 2.52. The number of amides is 3. The summed E-state index contributed by atoms with van der Waals surface area (Å²) in [6, 6.07) is 15.5. The standard InChI is InChI=1S/C26H32N4O6/c27-12-4-5-13-28-25(33)23-16-26(34-14-15-35-26)18-30(23)24(32)17-29(19-31)20-8-10-22(11-9-20)36-21-6-2-1-3-7-21/h1-3,6-11,19,23H,4-5,12-18,27H2,(H,28,33)/t23-/m0/s1. The van der Waals surface area contributed by atoms with E-state index in [0.29, 0.717) is 49.9 Å². The number of nitrogens with two attached hydrogens (primary N) is 1. The molecule has 10 nitrogen and oxygen atoms in total. The second kappa shape index (κ2) is 12.0. The lowest BCUT2D eigenvalue weighted by Gasteiger charge is -2.26. The van der Waals surface area contributed by atoms with E-state index in [9.17, 15) is 14.4 Å². The fraction of sp³-hybridized carbons (Fsp3) is 0.423. The Bertz CT molecular complexity index is 1030.